The highest BCUT2D eigenvalue weighted by molar-refractivity contribution is 14.1. The number of anilines is 2. The van der Waals surface area contributed by atoms with Crippen molar-refractivity contribution in [3.8, 4) is 0 Å². The Labute approximate surface area is 322 Å². The summed E-state index contributed by atoms with van der Waals surface area (Å²) >= 11 is 12.0. The second kappa shape index (κ2) is 19.8. The fraction of sp³-hybridized carbons (Fsp3) is 0.333. The number of amides is 1. The average Bonchev–Trinajstić information content (AvgIpc) is 2.89. The molecule has 230 valence electrons. The monoisotopic (exact) mass is 1260 g/mol. The molecule has 0 aromatic heterocycles. The van der Waals surface area contributed by atoms with Gasteiger partial charge in [0.2, 0.25) is 0 Å². The Morgan fingerprint density at radius 2 is 1.12 bits per heavy atom. The lowest BCUT2D eigenvalue weighted by atomic mass is 10.2. The molecule has 12 nitrogen and oxygen atoms in total. The minimum atomic E-state index is -1.11. The zero-order valence-corrected chi connectivity index (χ0v) is 34.2. The van der Waals surface area contributed by atoms with Crippen LogP contribution in [0.1, 0.15) is 20.7 Å². The predicted molar refractivity (Wildman–Crippen MR) is 204 cm³/mol. The molecule has 2 rings (SSSR count). The van der Waals surface area contributed by atoms with Gasteiger partial charge in [0.1, 0.15) is 6.61 Å². The molecule has 0 saturated heterocycles. The molecule has 0 atom stereocenters. The van der Waals surface area contributed by atoms with Gasteiger partial charge in [0, 0.05) is 20.8 Å². The number of carbonyl (C=O) groups excluding carboxylic acids is 2. The topological polar surface area (TPSA) is 170 Å². The summed E-state index contributed by atoms with van der Waals surface area (Å²) in [7, 11) is 0. The van der Waals surface area contributed by atoms with Gasteiger partial charge in [0.15, 0.2) is 6.61 Å². The summed E-state index contributed by atoms with van der Waals surface area (Å²) in [6.07, 6.45) is 0. The lowest BCUT2D eigenvalue weighted by Gasteiger charge is -2.14. The number of rotatable bonds is 17. The molecule has 0 aliphatic heterocycles. The molecule has 0 fully saturated rings. The molecule has 0 aliphatic carbocycles. The van der Waals surface area contributed by atoms with Crippen LogP contribution >= 0.6 is 136 Å². The van der Waals surface area contributed by atoms with Crippen molar-refractivity contribution in [3.63, 3.8) is 0 Å². The van der Waals surface area contributed by atoms with Gasteiger partial charge in [-0.05, 0) is 148 Å². The Bertz CT molecular complexity index is 1330. The van der Waals surface area contributed by atoms with E-state index >= 15 is 0 Å². The number of hydrogen-bond donors (Lipinski definition) is 4. The molecule has 0 spiro atoms. The maximum absolute atomic E-state index is 12.2. The van der Waals surface area contributed by atoms with Crippen LogP contribution in [0.2, 0.25) is 0 Å². The van der Waals surface area contributed by atoms with Crippen LogP contribution in [0.25, 0.3) is 0 Å². The number of carboxylic acids is 2. The Morgan fingerprint density at radius 3 is 1.67 bits per heavy atom. The van der Waals surface area contributed by atoms with Gasteiger partial charge in [0.05, 0.1) is 62.7 Å². The van der Waals surface area contributed by atoms with Crippen molar-refractivity contribution in [3.05, 3.63) is 44.7 Å². The highest BCUT2D eigenvalue weighted by atomic mass is 127. The fourth-order valence-electron chi connectivity index (χ4n) is 3.06. The molecule has 0 heterocycles. The van der Waals surface area contributed by atoms with Gasteiger partial charge in [0.25, 0.3) is 5.91 Å². The van der Waals surface area contributed by atoms with E-state index in [9.17, 15) is 29.4 Å². The van der Waals surface area contributed by atoms with Crippen LogP contribution in [0, 0.1) is 21.4 Å². The van der Waals surface area contributed by atoms with Gasteiger partial charge in [-0.15, -0.1) is 0 Å². The minimum absolute atomic E-state index is 0.0863. The summed E-state index contributed by atoms with van der Waals surface area (Å²) in [5.41, 5.74) is 1.46. The van der Waals surface area contributed by atoms with Gasteiger partial charge in [-0.1, -0.05) is 0 Å². The summed E-state index contributed by atoms with van der Waals surface area (Å²) in [5.74, 6) is -3.41. The SMILES string of the molecule is O=C(COC(=O)COCCOCCOCCNc1c(I)cc(I)c(C(=O)O)c1I)Nc1c(I)cc(I)c(C(=O)O)c1I. The van der Waals surface area contributed by atoms with Gasteiger partial charge in [-0.25, -0.2) is 14.4 Å². The van der Waals surface area contributed by atoms with E-state index in [1.807, 2.05) is 119 Å². The number of nitrogens with one attached hydrogen (secondary N) is 2. The van der Waals surface area contributed by atoms with Crippen LogP contribution in [0.4, 0.5) is 11.4 Å². The number of carboxylic acid groups (broad SMARTS) is 2. The second-order valence-corrected chi connectivity index (χ2v) is 14.6. The van der Waals surface area contributed by atoms with E-state index in [1.54, 1.807) is 6.07 Å². The highest BCUT2D eigenvalue weighted by Gasteiger charge is 2.21. The lowest BCUT2D eigenvalue weighted by Crippen LogP contribution is -2.24. The van der Waals surface area contributed by atoms with E-state index in [4.69, 9.17) is 18.9 Å². The fourth-order valence-corrected chi connectivity index (χ4v) is 11.4. The highest BCUT2D eigenvalue weighted by Crippen LogP contribution is 2.32. The van der Waals surface area contributed by atoms with E-state index in [0.29, 0.717) is 49.9 Å². The quantitative estimate of drug-likeness (QED) is 0.0916. The first kappa shape index (κ1) is 38.6. The van der Waals surface area contributed by atoms with Crippen molar-refractivity contribution in [2.24, 2.45) is 0 Å². The third kappa shape index (κ3) is 12.3. The van der Waals surface area contributed by atoms with Crippen molar-refractivity contribution >= 4 is 171 Å². The summed E-state index contributed by atoms with van der Waals surface area (Å²) in [4.78, 5) is 47.1. The Hall–Kier alpha value is 0.380. The summed E-state index contributed by atoms with van der Waals surface area (Å²) < 4.78 is 24.9. The molecule has 1 amide bonds. The Morgan fingerprint density at radius 1 is 0.643 bits per heavy atom. The molecule has 0 bridgehead atoms. The van der Waals surface area contributed by atoms with Crippen LogP contribution in [-0.2, 0) is 28.5 Å². The summed E-state index contributed by atoms with van der Waals surface area (Å²) in [6.45, 7) is 0.984. The maximum Gasteiger partial charge on any atom is 0.337 e. The number of ether oxygens (including phenoxy) is 4. The van der Waals surface area contributed by atoms with Crippen molar-refractivity contribution in [2.75, 3.05) is 63.4 Å². The van der Waals surface area contributed by atoms with E-state index in [-0.39, 0.29) is 30.9 Å². The predicted octanol–water partition coefficient (Wildman–Crippen LogP) is 5.35. The van der Waals surface area contributed by atoms with E-state index < -0.39 is 30.4 Å². The van der Waals surface area contributed by atoms with E-state index in [0.717, 1.165) is 9.26 Å². The molecule has 2 aromatic rings. The van der Waals surface area contributed by atoms with Gasteiger partial charge in [-0.3, -0.25) is 4.79 Å². The number of aromatic carboxylic acids is 2. The van der Waals surface area contributed by atoms with Crippen LogP contribution in [-0.4, -0.2) is 86.8 Å². The van der Waals surface area contributed by atoms with Crippen molar-refractivity contribution < 1.29 is 48.3 Å². The molecule has 0 aliphatic rings. The Balaban J connectivity index is 1.56. The zero-order valence-electron chi connectivity index (χ0n) is 21.2. The first-order valence-corrected chi connectivity index (χ1v) is 18.1. The second-order valence-electron chi connectivity index (χ2n) is 7.83. The molecule has 0 unspecified atom stereocenters. The standard InChI is InChI=1S/C24H22I6N2O10/c25-11-7-13(27)21(19(29)17(11)23(35)36)31-1-2-39-3-4-40-5-6-41-10-16(34)42-9-15(33)32-22-14(28)8-12(26)18(20(22)30)24(37)38/h7-8,31H,1-6,9-10H2,(H,32,33)(H,35,36)(H,37,38). The van der Waals surface area contributed by atoms with Crippen molar-refractivity contribution in [1.82, 2.24) is 0 Å². The minimum Gasteiger partial charge on any atom is -0.478 e. The molecular weight excluding hydrogens is 1240 g/mol. The first-order valence-electron chi connectivity index (χ1n) is 11.6. The molecular formula is C24H22I6N2O10. The van der Waals surface area contributed by atoms with Crippen molar-refractivity contribution in [2.45, 2.75) is 0 Å². The third-order valence-corrected chi connectivity index (χ3v) is 10.5. The number of benzene rings is 2. The molecule has 2 aromatic carbocycles. The zero-order chi connectivity index (χ0) is 31.4. The number of hydrogen-bond acceptors (Lipinski definition) is 9. The van der Waals surface area contributed by atoms with E-state index in [1.165, 1.54) is 0 Å². The van der Waals surface area contributed by atoms with Gasteiger partial charge < -0.3 is 39.8 Å². The summed E-state index contributed by atoms with van der Waals surface area (Å²) in [5, 5.41) is 24.6. The molecule has 42 heavy (non-hydrogen) atoms. The number of esters is 1. The summed E-state index contributed by atoms with van der Waals surface area (Å²) in [6, 6.07) is 3.45. The number of carbonyl (C=O) groups is 4. The average molecular weight is 1260 g/mol. The van der Waals surface area contributed by atoms with Crippen molar-refractivity contribution in [1.29, 1.82) is 0 Å². The van der Waals surface area contributed by atoms with Crippen LogP contribution in [0.5, 0.6) is 0 Å². The van der Waals surface area contributed by atoms with Crippen LogP contribution in [0.15, 0.2) is 12.1 Å². The van der Waals surface area contributed by atoms with Crippen LogP contribution in [0.3, 0.4) is 0 Å². The Kier molecular flexibility index (Phi) is 18.2. The molecule has 0 radical (unpaired) electrons. The van der Waals surface area contributed by atoms with Crippen LogP contribution < -0.4 is 10.6 Å². The normalized spacial score (nSPS) is 10.8. The molecule has 18 heteroatoms. The number of halogens is 6. The van der Waals surface area contributed by atoms with Gasteiger partial charge >= 0.3 is 17.9 Å². The smallest absolute Gasteiger partial charge is 0.337 e. The molecule has 0 saturated carbocycles. The molecule has 4 N–H and O–H groups in total. The largest absolute Gasteiger partial charge is 0.478 e. The lowest BCUT2D eigenvalue weighted by molar-refractivity contribution is -0.152. The third-order valence-electron chi connectivity index (χ3n) is 4.91. The van der Waals surface area contributed by atoms with Gasteiger partial charge in [-0.2, -0.15) is 0 Å². The maximum atomic E-state index is 12.2. The van der Waals surface area contributed by atoms with E-state index in [2.05, 4.69) is 33.2 Å². The first-order chi connectivity index (χ1) is 19.8.